The Morgan fingerprint density at radius 2 is 1.64 bits per heavy atom. The van der Waals surface area contributed by atoms with Gasteiger partial charge in [-0.2, -0.15) is 10.5 Å². The fourth-order valence-corrected chi connectivity index (χ4v) is 3.07. The summed E-state index contributed by atoms with van der Waals surface area (Å²) in [6.07, 6.45) is 6.22. The molecule has 1 rings (SSSR count). The molecule has 0 aromatic rings. The van der Waals surface area contributed by atoms with Crippen molar-refractivity contribution in [3.63, 3.8) is 0 Å². The molecular formula is C19H27N3. The molecule has 118 valence electrons. The summed E-state index contributed by atoms with van der Waals surface area (Å²) in [5, 5.41) is 18.0. The average Bonchev–Trinajstić information content (AvgIpc) is 2.37. The van der Waals surface area contributed by atoms with Crippen LogP contribution >= 0.6 is 0 Å². The van der Waals surface area contributed by atoms with Crippen molar-refractivity contribution >= 4 is 0 Å². The van der Waals surface area contributed by atoms with Crippen molar-refractivity contribution in [2.45, 2.75) is 54.4 Å². The second-order valence-electron chi connectivity index (χ2n) is 7.44. The third-order valence-corrected chi connectivity index (χ3v) is 3.90. The number of hydrogen-bond donors (Lipinski definition) is 0. The Morgan fingerprint density at radius 1 is 1.14 bits per heavy atom. The lowest BCUT2D eigenvalue weighted by molar-refractivity contribution is 0.276. The summed E-state index contributed by atoms with van der Waals surface area (Å²) in [7, 11) is 0. The molecule has 0 amide bonds. The maximum Gasteiger partial charge on any atom is 0.137 e. The van der Waals surface area contributed by atoms with Crippen LogP contribution in [-0.2, 0) is 0 Å². The standard InChI is InChI=1S/C19H27N3/c1-14(11-19(4,5)6)7-8-22-15(2)9-17(10-16(22)3)18(12-20)13-21/h9-10,14H,7-8,11H2,1-6H3. The number of hydrogen-bond acceptors (Lipinski definition) is 3. The van der Waals surface area contributed by atoms with Gasteiger partial charge < -0.3 is 4.90 Å². The second kappa shape index (κ2) is 7.32. The van der Waals surface area contributed by atoms with E-state index in [9.17, 15) is 0 Å². The van der Waals surface area contributed by atoms with Gasteiger partial charge in [-0.05, 0) is 50.2 Å². The van der Waals surface area contributed by atoms with Gasteiger partial charge in [-0.3, -0.25) is 0 Å². The molecule has 0 aromatic carbocycles. The Hall–Kier alpha value is -2.00. The van der Waals surface area contributed by atoms with Crippen LogP contribution in [-0.4, -0.2) is 11.4 Å². The lowest BCUT2D eigenvalue weighted by Gasteiger charge is -2.31. The minimum Gasteiger partial charge on any atom is -0.349 e. The molecular weight excluding hydrogens is 270 g/mol. The first-order valence-electron chi connectivity index (χ1n) is 7.86. The smallest absolute Gasteiger partial charge is 0.137 e. The highest BCUT2D eigenvalue weighted by molar-refractivity contribution is 5.53. The van der Waals surface area contributed by atoms with E-state index in [2.05, 4.69) is 32.6 Å². The molecule has 0 radical (unpaired) electrons. The largest absolute Gasteiger partial charge is 0.349 e. The summed E-state index contributed by atoms with van der Waals surface area (Å²) < 4.78 is 0. The van der Waals surface area contributed by atoms with Crippen molar-refractivity contribution in [2.24, 2.45) is 11.3 Å². The summed E-state index contributed by atoms with van der Waals surface area (Å²) in [6, 6.07) is 3.93. The Labute approximate surface area is 135 Å². The zero-order valence-corrected chi connectivity index (χ0v) is 14.7. The van der Waals surface area contributed by atoms with Crippen LogP contribution in [0.25, 0.3) is 0 Å². The number of rotatable bonds is 4. The Kier molecular flexibility index (Phi) is 6.01. The SMILES string of the molecule is CC1=CC(=C(C#N)C#N)C=C(C)N1CCC(C)CC(C)(C)C. The molecule has 0 aliphatic carbocycles. The minimum absolute atomic E-state index is 0.180. The van der Waals surface area contributed by atoms with Crippen LogP contribution in [0.1, 0.15) is 54.4 Å². The fraction of sp³-hybridized carbons (Fsp3) is 0.579. The highest BCUT2D eigenvalue weighted by Crippen LogP contribution is 2.29. The van der Waals surface area contributed by atoms with Crippen LogP contribution < -0.4 is 0 Å². The topological polar surface area (TPSA) is 50.8 Å². The van der Waals surface area contributed by atoms with Gasteiger partial charge in [0.25, 0.3) is 0 Å². The molecule has 1 atom stereocenters. The van der Waals surface area contributed by atoms with Crippen molar-refractivity contribution in [3.8, 4) is 12.1 Å². The van der Waals surface area contributed by atoms with Crippen molar-refractivity contribution in [2.75, 3.05) is 6.54 Å². The normalized spacial score (nSPS) is 16.4. The summed E-state index contributed by atoms with van der Waals surface area (Å²) in [4.78, 5) is 2.27. The first-order chi connectivity index (χ1) is 10.2. The van der Waals surface area contributed by atoms with Crippen molar-refractivity contribution in [1.29, 1.82) is 10.5 Å². The molecule has 0 aromatic heterocycles. The molecule has 0 spiro atoms. The molecule has 0 saturated carbocycles. The van der Waals surface area contributed by atoms with E-state index in [0.29, 0.717) is 11.3 Å². The van der Waals surface area contributed by atoms with Crippen LogP contribution in [0.5, 0.6) is 0 Å². The number of nitriles is 2. The van der Waals surface area contributed by atoms with Gasteiger partial charge in [0.05, 0.1) is 0 Å². The summed E-state index contributed by atoms with van der Waals surface area (Å²) in [5.41, 5.74) is 3.46. The van der Waals surface area contributed by atoms with Crippen molar-refractivity contribution in [3.05, 3.63) is 34.7 Å². The fourth-order valence-electron chi connectivity index (χ4n) is 3.07. The van der Waals surface area contributed by atoms with Crippen LogP contribution in [0.2, 0.25) is 0 Å². The molecule has 3 nitrogen and oxygen atoms in total. The van der Waals surface area contributed by atoms with Gasteiger partial charge in [0.1, 0.15) is 17.7 Å². The summed E-state index contributed by atoms with van der Waals surface area (Å²) in [5.74, 6) is 0.673. The molecule has 0 bridgehead atoms. The van der Waals surface area contributed by atoms with E-state index >= 15 is 0 Å². The van der Waals surface area contributed by atoms with E-state index in [-0.39, 0.29) is 5.57 Å². The van der Waals surface area contributed by atoms with Crippen LogP contribution in [0.4, 0.5) is 0 Å². The molecule has 0 fully saturated rings. The first-order valence-corrected chi connectivity index (χ1v) is 7.86. The highest BCUT2D eigenvalue weighted by atomic mass is 15.1. The summed E-state index contributed by atoms with van der Waals surface area (Å²) in [6.45, 7) is 14.2. The Bertz CT molecular complexity index is 548. The van der Waals surface area contributed by atoms with Crippen LogP contribution in [0, 0.1) is 34.0 Å². The zero-order valence-electron chi connectivity index (χ0n) is 14.7. The van der Waals surface area contributed by atoms with E-state index in [4.69, 9.17) is 10.5 Å². The maximum absolute atomic E-state index is 9.00. The van der Waals surface area contributed by atoms with Gasteiger partial charge in [0.2, 0.25) is 0 Å². The molecule has 1 aliphatic rings. The predicted octanol–water partition coefficient (Wildman–Crippen LogP) is 4.92. The van der Waals surface area contributed by atoms with Crippen molar-refractivity contribution < 1.29 is 0 Å². The molecule has 1 unspecified atom stereocenters. The molecule has 1 aliphatic heterocycles. The second-order valence-corrected chi connectivity index (χ2v) is 7.44. The monoisotopic (exact) mass is 297 g/mol. The molecule has 0 saturated heterocycles. The van der Waals surface area contributed by atoms with Gasteiger partial charge in [-0.15, -0.1) is 0 Å². The molecule has 0 N–H and O–H groups in total. The van der Waals surface area contributed by atoms with E-state index in [1.807, 2.05) is 38.1 Å². The van der Waals surface area contributed by atoms with Gasteiger partial charge in [-0.25, -0.2) is 0 Å². The minimum atomic E-state index is 0.180. The number of nitrogens with zero attached hydrogens (tertiary/aromatic N) is 3. The van der Waals surface area contributed by atoms with E-state index in [0.717, 1.165) is 29.9 Å². The Balaban J connectivity index is 2.79. The third kappa shape index (κ3) is 5.08. The highest BCUT2D eigenvalue weighted by Gasteiger charge is 2.19. The predicted molar refractivity (Wildman–Crippen MR) is 90.3 cm³/mol. The zero-order chi connectivity index (χ0) is 16.9. The van der Waals surface area contributed by atoms with Gasteiger partial charge >= 0.3 is 0 Å². The lowest BCUT2D eigenvalue weighted by Crippen LogP contribution is -2.25. The van der Waals surface area contributed by atoms with E-state index < -0.39 is 0 Å². The molecule has 1 heterocycles. The maximum atomic E-state index is 9.00. The average molecular weight is 297 g/mol. The van der Waals surface area contributed by atoms with Crippen LogP contribution in [0.3, 0.4) is 0 Å². The van der Waals surface area contributed by atoms with E-state index in [1.54, 1.807) is 0 Å². The summed E-state index contributed by atoms with van der Waals surface area (Å²) >= 11 is 0. The number of allylic oxidation sites excluding steroid dienone is 6. The molecule has 22 heavy (non-hydrogen) atoms. The van der Waals surface area contributed by atoms with Crippen molar-refractivity contribution in [1.82, 2.24) is 4.90 Å². The Morgan fingerprint density at radius 3 is 2.05 bits per heavy atom. The molecule has 3 heteroatoms. The van der Waals surface area contributed by atoms with Gasteiger partial charge in [0, 0.05) is 23.5 Å². The quantitative estimate of drug-likeness (QED) is 0.692. The lowest BCUT2D eigenvalue weighted by atomic mass is 9.84. The third-order valence-electron chi connectivity index (χ3n) is 3.90. The van der Waals surface area contributed by atoms with Gasteiger partial charge in [-0.1, -0.05) is 27.7 Å². The van der Waals surface area contributed by atoms with Gasteiger partial charge in [0.15, 0.2) is 0 Å². The first kappa shape index (κ1) is 18.1. The van der Waals surface area contributed by atoms with E-state index in [1.165, 1.54) is 6.42 Å². The van der Waals surface area contributed by atoms with Crippen LogP contribution in [0.15, 0.2) is 34.7 Å².